The van der Waals surface area contributed by atoms with Gasteiger partial charge in [0.25, 0.3) is 0 Å². The molecule has 1 aromatic carbocycles. The van der Waals surface area contributed by atoms with Crippen molar-refractivity contribution in [3.8, 4) is 6.07 Å². The van der Waals surface area contributed by atoms with Crippen molar-refractivity contribution in [2.24, 2.45) is 0 Å². The van der Waals surface area contributed by atoms with Gasteiger partial charge in [-0.25, -0.2) is 4.79 Å². The molecule has 0 aliphatic heterocycles. The Morgan fingerprint density at radius 2 is 2.25 bits per heavy atom. The summed E-state index contributed by atoms with van der Waals surface area (Å²) < 4.78 is 4.64. The van der Waals surface area contributed by atoms with Crippen molar-refractivity contribution in [1.29, 1.82) is 5.26 Å². The van der Waals surface area contributed by atoms with E-state index in [0.29, 0.717) is 11.3 Å². The van der Waals surface area contributed by atoms with Gasteiger partial charge in [-0.05, 0) is 30.5 Å². The Morgan fingerprint density at radius 3 is 2.75 bits per heavy atom. The SMILES string of the molecule is COC(=O)c1cc(C2(C#N)CC2)ccc1N. The Hall–Kier alpha value is -2.02. The van der Waals surface area contributed by atoms with Gasteiger partial charge in [0, 0.05) is 5.69 Å². The Balaban J connectivity index is 2.45. The molecule has 0 atom stereocenters. The standard InChI is InChI=1S/C12H12N2O2/c1-16-11(15)9-6-8(2-3-10(9)14)12(7-13)4-5-12/h2-3,6H,4-5,14H2,1H3. The summed E-state index contributed by atoms with van der Waals surface area (Å²) >= 11 is 0. The highest BCUT2D eigenvalue weighted by Gasteiger charge is 2.45. The minimum absolute atomic E-state index is 0.335. The van der Waals surface area contributed by atoms with Crippen LogP contribution in [0.3, 0.4) is 0 Å². The highest BCUT2D eigenvalue weighted by molar-refractivity contribution is 5.95. The highest BCUT2D eigenvalue weighted by Crippen LogP contribution is 2.47. The first-order valence-electron chi connectivity index (χ1n) is 5.02. The molecule has 0 bridgehead atoms. The molecule has 0 radical (unpaired) electrons. The molecule has 0 amide bonds. The molecule has 82 valence electrons. The van der Waals surface area contributed by atoms with Crippen molar-refractivity contribution in [2.45, 2.75) is 18.3 Å². The van der Waals surface area contributed by atoms with Gasteiger partial charge in [-0.15, -0.1) is 0 Å². The second kappa shape index (κ2) is 3.53. The molecule has 4 heteroatoms. The van der Waals surface area contributed by atoms with Crippen molar-refractivity contribution in [2.75, 3.05) is 12.8 Å². The number of nitrogens with two attached hydrogens (primary N) is 1. The smallest absolute Gasteiger partial charge is 0.339 e. The zero-order valence-corrected chi connectivity index (χ0v) is 8.99. The molecule has 1 fully saturated rings. The molecule has 16 heavy (non-hydrogen) atoms. The number of hydrogen-bond acceptors (Lipinski definition) is 4. The highest BCUT2D eigenvalue weighted by atomic mass is 16.5. The molecule has 1 saturated carbocycles. The van der Waals surface area contributed by atoms with Gasteiger partial charge in [-0.2, -0.15) is 5.26 Å². The summed E-state index contributed by atoms with van der Waals surface area (Å²) in [6.45, 7) is 0. The van der Waals surface area contributed by atoms with E-state index in [9.17, 15) is 4.79 Å². The van der Waals surface area contributed by atoms with Crippen molar-refractivity contribution in [1.82, 2.24) is 0 Å². The van der Waals surface area contributed by atoms with Gasteiger partial charge in [0.05, 0.1) is 24.2 Å². The van der Waals surface area contributed by atoms with Crippen LogP contribution in [0, 0.1) is 11.3 Å². The molecular weight excluding hydrogens is 204 g/mol. The quantitative estimate of drug-likeness (QED) is 0.602. The number of rotatable bonds is 2. The lowest BCUT2D eigenvalue weighted by Crippen LogP contribution is -2.09. The van der Waals surface area contributed by atoms with Crippen molar-refractivity contribution in [3.63, 3.8) is 0 Å². The third-order valence-corrected chi connectivity index (χ3v) is 2.98. The summed E-state index contributed by atoms with van der Waals surface area (Å²) in [5, 5.41) is 9.07. The summed E-state index contributed by atoms with van der Waals surface area (Å²) in [7, 11) is 1.31. The minimum atomic E-state index is -0.465. The van der Waals surface area contributed by atoms with Crippen molar-refractivity contribution in [3.05, 3.63) is 29.3 Å². The van der Waals surface area contributed by atoms with Gasteiger partial charge in [0.2, 0.25) is 0 Å². The number of nitrogen functional groups attached to an aromatic ring is 1. The van der Waals surface area contributed by atoms with Gasteiger partial charge in [-0.1, -0.05) is 6.07 Å². The fraction of sp³-hybridized carbons (Fsp3) is 0.333. The Bertz CT molecular complexity index is 484. The third kappa shape index (κ3) is 1.50. The van der Waals surface area contributed by atoms with Gasteiger partial charge < -0.3 is 10.5 Å². The zero-order chi connectivity index (χ0) is 11.8. The summed E-state index contributed by atoms with van der Waals surface area (Å²) in [4.78, 5) is 11.4. The van der Waals surface area contributed by atoms with Crippen LogP contribution in [0.25, 0.3) is 0 Å². The first kappa shape index (κ1) is 10.5. The lowest BCUT2D eigenvalue weighted by Gasteiger charge is -2.09. The maximum Gasteiger partial charge on any atom is 0.339 e. The number of methoxy groups -OCH3 is 1. The van der Waals surface area contributed by atoms with E-state index >= 15 is 0 Å². The van der Waals surface area contributed by atoms with E-state index in [1.807, 2.05) is 0 Å². The second-order valence-electron chi connectivity index (χ2n) is 3.99. The van der Waals surface area contributed by atoms with Crippen LogP contribution in [0.15, 0.2) is 18.2 Å². The second-order valence-corrected chi connectivity index (χ2v) is 3.99. The summed E-state index contributed by atoms with van der Waals surface area (Å²) in [5.74, 6) is -0.465. The molecule has 1 aliphatic carbocycles. The number of nitrogens with zero attached hydrogens (tertiary/aromatic N) is 1. The van der Waals surface area contributed by atoms with Gasteiger partial charge in [0.15, 0.2) is 0 Å². The van der Waals surface area contributed by atoms with Crippen LogP contribution in [0.4, 0.5) is 5.69 Å². The summed E-state index contributed by atoms with van der Waals surface area (Å²) in [6, 6.07) is 7.40. The van der Waals surface area contributed by atoms with Crippen LogP contribution < -0.4 is 5.73 Å². The molecule has 1 aliphatic rings. The van der Waals surface area contributed by atoms with Crippen LogP contribution >= 0.6 is 0 Å². The number of carbonyl (C=O) groups excluding carboxylic acids is 1. The molecule has 2 N–H and O–H groups in total. The Labute approximate surface area is 93.6 Å². The van der Waals surface area contributed by atoms with Crippen LogP contribution in [-0.4, -0.2) is 13.1 Å². The van der Waals surface area contributed by atoms with Crippen LogP contribution in [0.1, 0.15) is 28.8 Å². The van der Waals surface area contributed by atoms with Crippen molar-refractivity contribution >= 4 is 11.7 Å². The summed E-state index contributed by atoms with van der Waals surface area (Å²) in [6.07, 6.45) is 1.68. The first-order chi connectivity index (χ1) is 7.63. The molecule has 0 saturated heterocycles. The fourth-order valence-electron chi connectivity index (χ4n) is 1.73. The van der Waals surface area contributed by atoms with Crippen molar-refractivity contribution < 1.29 is 9.53 Å². The third-order valence-electron chi connectivity index (χ3n) is 2.98. The molecular formula is C12H12N2O2. The van der Waals surface area contributed by atoms with E-state index in [4.69, 9.17) is 11.0 Å². The fourth-order valence-corrected chi connectivity index (χ4v) is 1.73. The number of anilines is 1. The van der Waals surface area contributed by atoms with Crippen LogP contribution in [-0.2, 0) is 10.2 Å². The number of hydrogen-bond donors (Lipinski definition) is 1. The van der Waals surface area contributed by atoms with Gasteiger partial charge >= 0.3 is 5.97 Å². The molecule has 2 rings (SSSR count). The lowest BCUT2D eigenvalue weighted by atomic mass is 9.95. The Kier molecular flexibility index (Phi) is 2.31. The molecule has 0 unspecified atom stereocenters. The topological polar surface area (TPSA) is 76.1 Å². The zero-order valence-electron chi connectivity index (χ0n) is 8.99. The van der Waals surface area contributed by atoms with E-state index in [0.717, 1.165) is 18.4 Å². The molecule has 4 nitrogen and oxygen atoms in total. The van der Waals surface area contributed by atoms with Crippen LogP contribution in [0.5, 0.6) is 0 Å². The number of ether oxygens (including phenoxy) is 1. The van der Waals surface area contributed by atoms with E-state index in [1.165, 1.54) is 7.11 Å². The van der Waals surface area contributed by atoms with E-state index in [2.05, 4.69) is 10.8 Å². The maximum atomic E-state index is 11.4. The molecule has 0 aromatic heterocycles. The molecule has 1 aromatic rings. The molecule has 0 spiro atoms. The Morgan fingerprint density at radius 1 is 1.56 bits per heavy atom. The lowest BCUT2D eigenvalue weighted by molar-refractivity contribution is 0.0602. The average Bonchev–Trinajstić information content (AvgIpc) is 3.09. The number of nitriles is 1. The first-order valence-corrected chi connectivity index (χ1v) is 5.02. The van der Waals surface area contributed by atoms with E-state index in [-0.39, 0.29) is 0 Å². The average molecular weight is 216 g/mol. The monoisotopic (exact) mass is 216 g/mol. The number of benzene rings is 1. The summed E-state index contributed by atoms with van der Waals surface area (Å²) in [5.41, 5.74) is 6.85. The molecule has 0 heterocycles. The largest absolute Gasteiger partial charge is 0.465 e. The number of esters is 1. The van der Waals surface area contributed by atoms with E-state index in [1.54, 1.807) is 18.2 Å². The van der Waals surface area contributed by atoms with E-state index < -0.39 is 11.4 Å². The number of carbonyl (C=O) groups is 1. The van der Waals surface area contributed by atoms with Crippen LogP contribution in [0.2, 0.25) is 0 Å². The predicted octanol–water partition coefficient (Wildman–Crippen LogP) is 1.61. The predicted molar refractivity (Wildman–Crippen MR) is 58.7 cm³/mol. The van der Waals surface area contributed by atoms with Gasteiger partial charge in [0.1, 0.15) is 0 Å². The normalized spacial score (nSPS) is 16.2. The van der Waals surface area contributed by atoms with Gasteiger partial charge in [-0.3, -0.25) is 0 Å². The maximum absolute atomic E-state index is 11.4. The minimum Gasteiger partial charge on any atom is -0.465 e.